The van der Waals surface area contributed by atoms with Gasteiger partial charge in [0.25, 0.3) is 5.69 Å². The average Bonchev–Trinajstić information content (AvgIpc) is 3.50. The highest BCUT2D eigenvalue weighted by Crippen LogP contribution is 2.34. The second-order valence-corrected chi connectivity index (χ2v) is 13.1. The van der Waals surface area contributed by atoms with Crippen LogP contribution in [0.4, 0.5) is 11.4 Å². The minimum absolute atomic E-state index is 0.0226. The smallest absolute Gasteiger partial charge is 0.271 e. The van der Waals surface area contributed by atoms with Crippen LogP contribution in [0.5, 0.6) is 5.75 Å². The van der Waals surface area contributed by atoms with Gasteiger partial charge in [0.1, 0.15) is 24.0 Å². The maximum atomic E-state index is 14.3. The second-order valence-electron chi connectivity index (χ2n) is 10.7. The van der Waals surface area contributed by atoms with Gasteiger partial charge >= 0.3 is 0 Å². The molecule has 44 heavy (non-hydrogen) atoms. The van der Waals surface area contributed by atoms with Gasteiger partial charge in [0.2, 0.25) is 21.8 Å². The number of ether oxygens (including phenoxy) is 1. The lowest BCUT2D eigenvalue weighted by Gasteiger charge is -2.34. The van der Waals surface area contributed by atoms with Crippen molar-refractivity contribution in [3.05, 3.63) is 99.1 Å². The molecule has 1 aliphatic rings. The summed E-state index contributed by atoms with van der Waals surface area (Å²) >= 11 is 6.25. The summed E-state index contributed by atoms with van der Waals surface area (Å²) in [6, 6.07) is 18.6. The highest BCUT2D eigenvalue weighted by molar-refractivity contribution is 7.92. The highest BCUT2D eigenvalue weighted by atomic mass is 35.5. The van der Waals surface area contributed by atoms with E-state index in [9.17, 15) is 28.1 Å². The number of anilines is 1. The Morgan fingerprint density at radius 2 is 1.73 bits per heavy atom. The molecule has 4 rings (SSSR count). The number of carbonyl (C=O) groups is 2. The molecule has 0 spiro atoms. The number of benzene rings is 3. The second kappa shape index (κ2) is 14.5. The summed E-state index contributed by atoms with van der Waals surface area (Å²) in [6.45, 7) is -0.780. The molecule has 0 heterocycles. The predicted molar refractivity (Wildman–Crippen MR) is 168 cm³/mol. The SMILES string of the molecule is COc1ccc([N+](=O)[O-])cc1N(CC(=O)N(Cc1cccc(Cl)c1)[C@H](Cc1ccccc1)C(=O)NC1CCCC1)S(C)(=O)=O. The maximum Gasteiger partial charge on any atom is 0.271 e. The fourth-order valence-corrected chi connectivity index (χ4v) is 6.39. The fourth-order valence-electron chi connectivity index (χ4n) is 5.34. The van der Waals surface area contributed by atoms with Crippen molar-refractivity contribution in [3.8, 4) is 5.75 Å². The predicted octanol–water partition coefficient (Wildman–Crippen LogP) is 4.72. The molecule has 3 aromatic carbocycles. The molecular weight excluding hydrogens is 608 g/mol. The number of methoxy groups -OCH3 is 1. The summed E-state index contributed by atoms with van der Waals surface area (Å²) in [7, 11) is -2.87. The molecule has 2 amide bonds. The molecule has 1 N–H and O–H groups in total. The quantitative estimate of drug-likeness (QED) is 0.210. The number of nitrogens with zero attached hydrogens (tertiary/aromatic N) is 3. The summed E-state index contributed by atoms with van der Waals surface area (Å²) < 4.78 is 32.3. The molecule has 11 nitrogen and oxygen atoms in total. The van der Waals surface area contributed by atoms with Crippen LogP contribution in [0.3, 0.4) is 0 Å². The van der Waals surface area contributed by atoms with Gasteiger partial charge in [-0.1, -0.05) is 66.9 Å². The Morgan fingerprint density at radius 3 is 2.34 bits per heavy atom. The van der Waals surface area contributed by atoms with E-state index in [4.69, 9.17) is 16.3 Å². The minimum atomic E-state index is -4.16. The van der Waals surface area contributed by atoms with Gasteiger partial charge < -0.3 is 15.0 Å². The fraction of sp³-hybridized carbons (Fsp3) is 0.355. The number of halogens is 1. The van der Waals surface area contributed by atoms with E-state index in [1.807, 2.05) is 30.3 Å². The van der Waals surface area contributed by atoms with E-state index in [-0.39, 0.29) is 42.0 Å². The third kappa shape index (κ3) is 8.48. The molecule has 1 fully saturated rings. The molecule has 234 valence electrons. The Labute approximate surface area is 262 Å². The molecule has 1 saturated carbocycles. The van der Waals surface area contributed by atoms with Crippen molar-refractivity contribution in [2.75, 3.05) is 24.2 Å². The molecule has 0 aromatic heterocycles. The van der Waals surface area contributed by atoms with Crippen molar-refractivity contribution in [1.29, 1.82) is 0 Å². The molecule has 0 radical (unpaired) electrons. The third-order valence-electron chi connectivity index (χ3n) is 7.54. The number of rotatable bonds is 13. The van der Waals surface area contributed by atoms with E-state index < -0.39 is 33.4 Å². The number of hydrogen-bond acceptors (Lipinski definition) is 7. The zero-order valence-electron chi connectivity index (χ0n) is 24.5. The lowest BCUT2D eigenvalue weighted by molar-refractivity contribution is -0.384. The molecule has 0 unspecified atom stereocenters. The lowest BCUT2D eigenvalue weighted by atomic mass is 10.0. The van der Waals surface area contributed by atoms with Crippen molar-refractivity contribution >= 4 is 44.8 Å². The van der Waals surface area contributed by atoms with Crippen molar-refractivity contribution in [2.45, 2.75) is 50.7 Å². The van der Waals surface area contributed by atoms with Crippen LogP contribution < -0.4 is 14.4 Å². The number of nitro benzene ring substituents is 1. The van der Waals surface area contributed by atoms with Gasteiger partial charge in [-0.05, 0) is 42.2 Å². The van der Waals surface area contributed by atoms with Crippen molar-refractivity contribution in [1.82, 2.24) is 10.2 Å². The van der Waals surface area contributed by atoms with Crippen molar-refractivity contribution < 1.29 is 27.7 Å². The van der Waals surface area contributed by atoms with Gasteiger partial charge in [0.05, 0.1) is 18.3 Å². The van der Waals surface area contributed by atoms with Crippen LogP contribution in [-0.4, -0.2) is 62.0 Å². The van der Waals surface area contributed by atoms with Crippen LogP contribution >= 0.6 is 11.6 Å². The Morgan fingerprint density at radius 1 is 1.05 bits per heavy atom. The largest absolute Gasteiger partial charge is 0.495 e. The first-order chi connectivity index (χ1) is 21.0. The zero-order chi connectivity index (χ0) is 31.9. The first-order valence-corrected chi connectivity index (χ1v) is 16.4. The number of carbonyl (C=O) groups excluding carboxylic acids is 2. The molecule has 13 heteroatoms. The van der Waals surface area contributed by atoms with Crippen LogP contribution in [0.1, 0.15) is 36.8 Å². The third-order valence-corrected chi connectivity index (χ3v) is 8.90. The molecule has 1 aliphatic carbocycles. The number of nitro groups is 1. The minimum Gasteiger partial charge on any atom is -0.495 e. The summed E-state index contributed by atoms with van der Waals surface area (Å²) in [6.07, 6.45) is 4.72. The van der Waals surface area contributed by atoms with Crippen LogP contribution in [0.25, 0.3) is 0 Å². The number of sulfonamides is 1. The van der Waals surface area contributed by atoms with E-state index in [2.05, 4.69) is 5.32 Å². The topological polar surface area (TPSA) is 139 Å². The van der Waals surface area contributed by atoms with E-state index >= 15 is 0 Å². The van der Waals surface area contributed by atoms with Crippen molar-refractivity contribution in [3.63, 3.8) is 0 Å². The summed E-state index contributed by atoms with van der Waals surface area (Å²) in [4.78, 5) is 40.4. The normalized spacial score (nSPS) is 14.1. The van der Waals surface area contributed by atoms with Gasteiger partial charge in [-0.25, -0.2) is 8.42 Å². The summed E-state index contributed by atoms with van der Waals surface area (Å²) in [5.74, 6) is -1.02. The van der Waals surface area contributed by atoms with Gasteiger partial charge in [-0.15, -0.1) is 0 Å². The van der Waals surface area contributed by atoms with Crippen LogP contribution in [0, 0.1) is 10.1 Å². The van der Waals surface area contributed by atoms with Gasteiger partial charge in [0.15, 0.2) is 0 Å². The number of hydrogen-bond donors (Lipinski definition) is 1. The van der Waals surface area contributed by atoms with E-state index in [1.165, 1.54) is 24.1 Å². The van der Waals surface area contributed by atoms with Gasteiger partial charge in [0, 0.05) is 36.2 Å². The summed E-state index contributed by atoms with van der Waals surface area (Å²) in [5, 5.41) is 15.1. The molecule has 0 bridgehead atoms. The van der Waals surface area contributed by atoms with E-state index in [0.717, 1.165) is 47.9 Å². The number of nitrogens with one attached hydrogen (secondary N) is 1. The average molecular weight is 643 g/mol. The molecule has 3 aromatic rings. The number of amides is 2. The first kappa shape index (κ1) is 32.7. The first-order valence-electron chi connectivity index (χ1n) is 14.1. The van der Waals surface area contributed by atoms with Crippen LogP contribution in [-0.2, 0) is 32.6 Å². The Balaban J connectivity index is 1.78. The Bertz CT molecular complexity index is 1600. The maximum absolute atomic E-state index is 14.3. The number of non-ortho nitro benzene ring substituents is 1. The Kier molecular flexibility index (Phi) is 10.8. The van der Waals surface area contributed by atoms with Gasteiger partial charge in [-0.3, -0.25) is 24.0 Å². The monoisotopic (exact) mass is 642 g/mol. The lowest BCUT2D eigenvalue weighted by Crippen LogP contribution is -2.54. The standard InChI is InChI=1S/C31H35ClN4O7S/c1-43-29-16-15-26(36(39)40)19-27(29)35(44(2,41)42)21-30(37)34(20-23-11-8-12-24(32)17-23)28(18-22-9-4-3-5-10-22)31(38)33-25-13-6-7-14-25/h3-5,8-12,15-17,19,25,28H,6-7,13-14,18,20-21H2,1-2H3,(H,33,38)/t28-/m1/s1. The van der Waals surface area contributed by atoms with E-state index in [0.29, 0.717) is 10.6 Å². The van der Waals surface area contributed by atoms with E-state index in [1.54, 1.807) is 24.3 Å². The highest BCUT2D eigenvalue weighted by Gasteiger charge is 2.35. The Hall–Kier alpha value is -4.16. The van der Waals surface area contributed by atoms with Crippen LogP contribution in [0.2, 0.25) is 5.02 Å². The molecule has 0 aliphatic heterocycles. The van der Waals surface area contributed by atoms with Crippen molar-refractivity contribution in [2.24, 2.45) is 0 Å². The molecule has 0 saturated heterocycles. The molecular formula is C31H35ClN4O7S. The van der Waals surface area contributed by atoms with Gasteiger partial charge in [-0.2, -0.15) is 0 Å². The zero-order valence-corrected chi connectivity index (χ0v) is 26.1. The van der Waals surface area contributed by atoms with Crippen LogP contribution in [0.15, 0.2) is 72.8 Å². The summed E-state index contributed by atoms with van der Waals surface area (Å²) in [5.41, 5.74) is 0.894. The molecule has 1 atom stereocenters.